The number of hydrogen-bond donors (Lipinski definition) is 1. The third kappa shape index (κ3) is 2.94. The number of aryl methyl sites for hydroxylation is 1. The first-order valence-corrected chi connectivity index (χ1v) is 6.90. The van der Waals surface area contributed by atoms with Crippen LogP contribution in [0.25, 0.3) is 22.7 Å². The van der Waals surface area contributed by atoms with E-state index in [1.807, 2.05) is 25.1 Å². The zero-order valence-corrected chi connectivity index (χ0v) is 12.3. The minimum absolute atomic E-state index is 0.0173. The van der Waals surface area contributed by atoms with Crippen LogP contribution in [-0.4, -0.2) is 14.9 Å². The molecule has 6 heteroatoms. The molecule has 0 aliphatic carbocycles. The van der Waals surface area contributed by atoms with Gasteiger partial charge in [0.15, 0.2) is 0 Å². The molecular formula is C17H12N4O2. The van der Waals surface area contributed by atoms with E-state index in [0.717, 1.165) is 16.6 Å². The minimum atomic E-state index is -0.465. The summed E-state index contributed by atoms with van der Waals surface area (Å²) in [5.41, 5.74) is 3.59. The number of fused-ring (bicyclic) bond motifs is 1. The van der Waals surface area contributed by atoms with E-state index in [0.29, 0.717) is 17.0 Å². The molecule has 1 N–H and O–H groups in total. The molecule has 0 saturated carbocycles. The van der Waals surface area contributed by atoms with Crippen LogP contribution >= 0.6 is 0 Å². The number of non-ortho nitro benzene ring substituents is 1. The van der Waals surface area contributed by atoms with Crippen molar-refractivity contribution in [3.63, 3.8) is 0 Å². The predicted molar refractivity (Wildman–Crippen MR) is 87.4 cm³/mol. The van der Waals surface area contributed by atoms with Crippen molar-refractivity contribution >= 4 is 28.4 Å². The number of nitro benzene ring substituents is 1. The van der Waals surface area contributed by atoms with Crippen molar-refractivity contribution in [3.8, 4) is 6.07 Å². The maximum Gasteiger partial charge on any atom is 0.270 e. The van der Waals surface area contributed by atoms with E-state index in [-0.39, 0.29) is 5.69 Å². The first-order valence-electron chi connectivity index (χ1n) is 6.90. The molecule has 112 valence electrons. The van der Waals surface area contributed by atoms with Gasteiger partial charge in [-0.25, -0.2) is 4.98 Å². The minimum Gasteiger partial charge on any atom is -0.337 e. The maximum absolute atomic E-state index is 10.8. The summed E-state index contributed by atoms with van der Waals surface area (Å²) in [6.07, 6.45) is 1.58. The van der Waals surface area contributed by atoms with Gasteiger partial charge in [-0.15, -0.1) is 0 Å². The van der Waals surface area contributed by atoms with Crippen molar-refractivity contribution in [2.75, 3.05) is 0 Å². The van der Waals surface area contributed by atoms with Gasteiger partial charge in [-0.1, -0.05) is 18.2 Å². The Bertz CT molecular complexity index is 980. The Morgan fingerprint density at radius 2 is 2.17 bits per heavy atom. The van der Waals surface area contributed by atoms with Crippen molar-refractivity contribution in [1.29, 1.82) is 5.26 Å². The van der Waals surface area contributed by atoms with Crippen LogP contribution in [0, 0.1) is 28.4 Å². The van der Waals surface area contributed by atoms with E-state index in [4.69, 9.17) is 0 Å². The molecule has 3 aromatic rings. The molecule has 1 aromatic heterocycles. The number of nitrogens with zero attached hydrogens (tertiary/aromatic N) is 3. The molecule has 0 amide bonds. The smallest absolute Gasteiger partial charge is 0.270 e. The molecule has 0 atom stereocenters. The Kier molecular flexibility index (Phi) is 3.61. The fourth-order valence-electron chi connectivity index (χ4n) is 2.30. The Labute approximate surface area is 131 Å². The van der Waals surface area contributed by atoms with E-state index >= 15 is 0 Å². The summed E-state index contributed by atoms with van der Waals surface area (Å²) in [6, 6.07) is 14.0. The number of nitro groups is 1. The van der Waals surface area contributed by atoms with Crippen molar-refractivity contribution < 1.29 is 4.92 Å². The molecule has 0 saturated heterocycles. The van der Waals surface area contributed by atoms with Crippen LogP contribution in [0.3, 0.4) is 0 Å². The molecule has 0 unspecified atom stereocenters. The summed E-state index contributed by atoms with van der Waals surface area (Å²) in [4.78, 5) is 17.9. The van der Waals surface area contributed by atoms with E-state index in [1.54, 1.807) is 18.2 Å². The van der Waals surface area contributed by atoms with Crippen LogP contribution in [-0.2, 0) is 0 Å². The highest BCUT2D eigenvalue weighted by atomic mass is 16.6. The largest absolute Gasteiger partial charge is 0.337 e. The highest BCUT2D eigenvalue weighted by Crippen LogP contribution is 2.21. The predicted octanol–water partition coefficient (Wildman–Crippen LogP) is 3.84. The standard InChI is InChI=1S/C17H12N4O2/c1-11-5-6-15-16(7-11)20-17(19-15)13(10-18)8-12-3-2-4-14(9-12)21(22)23/h2-9H,1H3,(H,19,20)/b13-8+. The van der Waals surface area contributed by atoms with E-state index in [2.05, 4.69) is 16.0 Å². The van der Waals surface area contributed by atoms with Crippen LogP contribution in [0.15, 0.2) is 42.5 Å². The first kappa shape index (κ1) is 14.5. The second-order valence-corrected chi connectivity index (χ2v) is 5.13. The van der Waals surface area contributed by atoms with Gasteiger partial charge in [-0.3, -0.25) is 10.1 Å². The Balaban J connectivity index is 2.05. The summed E-state index contributed by atoms with van der Waals surface area (Å²) in [7, 11) is 0. The summed E-state index contributed by atoms with van der Waals surface area (Å²) in [6.45, 7) is 1.98. The highest BCUT2D eigenvalue weighted by Gasteiger charge is 2.10. The van der Waals surface area contributed by atoms with Gasteiger partial charge >= 0.3 is 0 Å². The van der Waals surface area contributed by atoms with Crippen LogP contribution in [0.5, 0.6) is 0 Å². The second kappa shape index (κ2) is 5.73. The van der Waals surface area contributed by atoms with Crippen molar-refractivity contribution in [3.05, 3.63) is 69.5 Å². The van der Waals surface area contributed by atoms with Crippen molar-refractivity contribution in [1.82, 2.24) is 9.97 Å². The van der Waals surface area contributed by atoms with Gasteiger partial charge in [0.2, 0.25) is 0 Å². The second-order valence-electron chi connectivity index (χ2n) is 5.13. The maximum atomic E-state index is 10.8. The highest BCUT2D eigenvalue weighted by molar-refractivity contribution is 5.90. The van der Waals surface area contributed by atoms with E-state index in [1.165, 1.54) is 12.1 Å². The molecule has 0 spiro atoms. The number of aromatic amines is 1. The monoisotopic (exact) mass is 304 g/mol. The third-order valence-electron chi connectivity index (χ3n) is 3.40. The Hall–Kier alpha value is -3.46. The van der Waals surface area contributed by atoms with Gasteiger partial charge in [0, 0.05) is 12.1 Å². The molecule has 6 nitrogen and oxygen atoms in total. The summed E-state index contributed by atoms with van der Waals surface area (Å²) >= 11 is 0. The van der Waals surface area contributed by atoms with Crippen LogP contribution < -0.4 is 0 Å². The molecule has 0 aliphatic rings. The molecule has 3 rings (SSSR count). The zero-order valence-electron chi connectivity index (χ0n) is 12.3. The van der Waals surface area contributed by atoms with Gasteiger partial charge in [-0.2, -0.15) is 5.26 Å². The van der Waals surface area contributed by atoms with Gasteiger partial charge < -0.3 is 4.98 Å². The molecule has 1 heterocycles. The van der Waals surface area contributed by atoms with Crippen LogP contribution in [0.1, 0.15) is 17.0 Å². The number of H-pyrrole nitrogens is 1. The Morgan fingerprint density at radius 1 is 1.35 bits per heavy atom. The lowest BCUT2D eigenvalue weighted by atomic mass is 10.1. The summed E-state index contributed by atoms with van der Waals surface area (Å²) < 4.78 is 0. The molecule has 0 fully saturated rings. The lowest BCUT2D eigenvalue weighted by molar-refractivity contribution is -0.384. The van der Waals surface area contributed by atoms with Gasteiger partial charge in [-0.05, 0) is 36.3 Å². The molecule has 2 aromatic carbocycles. The van der Waals surface area contributed by atoms with E-state index < -0.39 is 4.92 Å². The summed E-state index contributed by atoms with van der Waals surface area (Å²) in [5.74, 6) is 0.444. The quantitative estimate of drug-likeness (QED) is 0.451. The fourth-order valence-corrected chi connectivity index (χ4v) is 2.30. The number of nitriles is 1. The number of nitrogens with one attached hydrogen (secondary N) is 1. The lowest BCUT2D eigenvalue weighted by Gasteiger charge is -1.96. The number of benzene rings is 2. The number of rotatable bonds is 3. The SMILES string of the molecule is Cc1ccc2nc(/C(C#N)=C/c3cccc([N+](=O)[O-])c3)[nH]c2c1. The molecule has 0 radical (unpaired) electrons. The normalized spacial score (nSPS) is 11.4. The van der Waals surface area contributed by atoms with Crippen molar-refractivity contribution in [2.45, 2.75) is 6.92 Å². The number of hydrogen-bond acceptors (Lipinski definition) is 4. The average Bonchev–Trinajstić information content (AvgIpc) is 2.95. The van der Waals surface area contributed by atoms with E-state index in [9.17, 15) is 15.4 Å². The van der Waals surface area contributed by atoms with Gasteiger partial charge in [0.05, 0.1) is 21.5 Å². The summed E-state index contributed by atoms with van der Waals surface area (Å²) in [5, 5.41) is 20.2. The number of aromatic nitrogens is 2. The molecular weight excluding hydrogens is 292 g/mol. The van der Waals surface area contributed by atoms with Crippen LogP contribution in [0.4, 0.5) is 5.69 Å². The zero-order chi connectivity index (χ0) is 16.4. The number of allylic oxidation sites excluding steroid dienone is 1. The third-order valence-corrected chi connectivity index (χ3v) is 3.40. The Morgan fingerprint density at radius 3 is 2.91 bits per heavy atom. The average molecular weight is 304 g/mol. The van der Waals surface area contributed by atoms with Crippen LogP contribution in [0.2, 0.25) is 0 Å². The number of imidazole rings is 1. The molecule has 23 heavy (non-hydrogen) atoms. The first-order chi connectivity index (χ1) is 11.1. The topological polar surface area (TPSA) is 95.6 Å². The lowest BCUT2D eigenvalue weighted by Crippen LogP contribution is -1.89. The van der Waals surface area contributed by atoms with Gasteiger partial charge in [0.1, 0.15) is 11.9 Å². The van der Waals surface area contributed by atoms with Gasteiger partial charge in [0.25, 0.3) is 5.69 Å². The van der Waals surface area contributed by atoms with Crippen molar-refractivity contribution in [2.24, 2.45) is 0 Å². The fraction of sp³-hybridized carbons (Fsp3) is 0.0588. The molecule has 0 aliphatic heterocycles. The molecule has 0 bridgehead atoms.